The summed E-state index contributed by atoms with van der Waals surface area (Å²) < 4.78 is 31.7. The minimum atomic E-state index is -0.815. The number of halogens is 2. The second-order valence-corrected chi connectivity index (χ2v) is 5.11. The Hall–Kier alpha value is -1.16. The molecule has 0 aromatic heterocycles. The van der Waals surface area contributed by atoms with Crippen molar-refractivity contribution in [2.45, 2.75) is 44.8 Å². The molecule has 2 atom stereocenters. The summed E-state index contributed by atoms with van der Waals surface area (Å²) in [5.41, 5.74) is 0.508. The predicted octanol–water partition coefficient (Wildman–Crippen LogP) is 3.72. The van der Waals surface area contributed by atoms with E-state index in [2.05, 4.69) is 19.2 Å². The number of benzene rings is 1. The quantitative estimate of drug-likeness (QED) is 0.888. The van der Waals surface area contributed by atoms with Crippen LogP contribution in [0.2, 0.25) is 0 Å². The highest BCUT2D eigenvalue weighted by Crippen LogP contribution is 2.29. The van der Waals surface area contributed by atoms with E-state index >= 15 is 0 Å². The molecule has 4 heteroatoms. The van der Waals surface area contributed by atoms with Gasteiger partial charge in [0.15, 0.2) is 11.6 Å². The molecule has 1 aromatic carbocycles. The smallest absolute Gasteiger partial charge is 0.160 e. The normalized spacial score (nSPS) is 28.1. The van der Waals surface area contributed by atoms with E-state index in [0.717, 1.165) is 25.3 Å². The number of anilines is 1. The van der Waals surface area contributed by atoms with Crippen molar-refractivity contribution in [2.75, 3.05) is 11.9 Å². The molecule has 1 saturated heterocycles. The van der Waals surface area contributed by atoms with Gasteiger partial charge < -0.3 is 10.1 Å². The summed E-state index contributed by atoms with van der Waals surface area (Å²) in [6.07, 6.45) is 2.71. The van der Waals surface area contributed by atoms with Gasteiger partial charge in [-0.1, -0.05) is 6.92 Å². The summed E-state index contributed by atoms with van der Waals surface area (Å²) in [6, 6.07) is 4.16. The van der Waals surface area contributed by atoms with E-state index in [1.807, 2.05) is 0 Å². The van der Waals surface area contributed by atoms with E-state index in [4.69, 9.17) is 4.74 Å². The molecule has 0 saturated carbocycles. The summed E-state index contributed by atoms with van der Waals surface area (Å²) in [5.74, 6) is -1.63. The van der Waals surface area contributed by atoms with Gasteiger partial charge in [0, 0.05) is 24.4 Å². The molecule has 1 aliphatic rings. The maximum absolute atomic E-state index is 13.1. The zero-order valence-corrected chi connectivity index (χ0v) is 10.8. The van der Waals surface area contributed by atoms with Crippen molar-refractivity contribution in [3.05, 3.63) is 29.8 Å². The minimum absolute atomic E-state index is 0.117. The third kappa shape index (κ3) is 2.99. The lowest BCUT2D eigenvalue weighted by Gasteiger charge is -2.38. The molecule has 0 radical (unpaired) electrons. The lowest BCUT2D eigenvalue weighted by atomic mass is 9.90. The van der Waals surface area contributed by atoms with Crippen molar-refractivity contribution in [3.8, 4) is 0 Å². The maximum atomic E-state index is 13.1. The van der Waals surface area contributed by atoms with Crippen LogP contribution in [0, 0.1) is 11.6 Å². The van der Waals surface area contributed by atoms with Crippen molar-refractivity contribution in [1.82, 2.24) is 0 Å². The maximum Gasteiger partial charge on any atom is 0.160 e. The third-order valence-electron chi connectivity index (χ3n) is 3.63. The van der Waals surface area contributed by atoms with Crippen LogP contribution in [0.5, 0.6) is 0 Å². The Morgan fingerprint density at radius 1 is 1.39 bits per heavy atom. The highest BCUT2D eigenvalue weighted by molar-refractivity contribution is 5.44. The summed E-state index contributed by atoms with van der Waals surface area (Å²) in [4.78, 5) is 0. The fraction of sp³-hybridized carbons (Fsp3) is 0.571. The summed E-state index contributed by atoms with van der Waals surface area (Å²) in [6.45, 7) is 4.89. The van der Waals surface area contributed by atoms with Crippen LogP contribution in [0.3, 0.4) is 0 Å². The number of hydrogen-bond acceptors (Lipinski definition) is 2. The average Bonchev–Trinajstić information content (AvgIpc) is 2.34. The van der Waals surface area contributed by atoms with Gasteiger partial charge in [0.2, 0.25) is 0 Å². The zero-order chi connectivity index (χ0) is 13.2. The van der Waals surface area contributed by atoms with Crippen molar-refractivity contribution >= 4 is 5.69 Å². The molecule has 1 aliphatic heterocycles. The molecule has 0 amide bonds. The third-order valence-corrected chi connectivity index (χ3v) is 3.63. The number of rotatable bonds is 3. The van der Waals surface area contributed by atoms with E-state index in [9.17, 15) is 8.78 Å². The Balaban J connectivity index is 2.02. The fourth-order valence-corrected chi connectivity index (χ4v) is 2.32. The first-order valence-electron chi connectivity index (χ1n) is 6.38. The molecule has 0 bridgehead atoms. The largest absolute Gasteiger partial charge is 0.382 e. The molecule has 1 aromatic rings. The van der Waals surface area contributed by atoms with Crippen LogP contribution in [0.1, 0.15) is 33.1 Å². The van der Waals surface area contributed by atoms with Gasteiger partial charge in [-0.2, -0.15) is 0 Å². The zero-order valence-electron chi connectivity index (χ0n) is 10.8. The van der Waals surface area contributed by atoms with Crippen LogP contribution < -0.4 is 5.32 Å². The van der Waals surface area contributed by atoms with Crippen LogP contribution in [0.25, 0.3) is 0 Å². The summed E-state index contributed by atoms with van der Waals surface area (Å²) in [7, 11) is 0. The van der Waals surface area contributed by atoms with Crippen molar-refractivity contribution in [3.63, 3.8) is 0 Å². The molecular formula is C14H19F2NO. The molecular weight excluding hydrogens is 236 g/mol. The standard InChI is InChI=1S/C14H19F2NO/c1-3-14(2)9-11(6-7-18-14)17-10-4-5-12(15)13(16)8-10/h4-5,8,11,17H,3,6-7,9H2,1-2H3. The van der Waals surface area contributed by atoms with Gasteiger partial charge in [-0.3, -0.25) is 0 Å². The molecule has 0 spiro atoms. The Labute approximate surface area is 106 Å². The van der Waals surface area contributed by atoms with Gasteiger partial charge >= 0.3 is 0 Å². The molecule has 0 aliphatic carbocycles. The van der Waals surface area contributed by atoms with Gasteiger partial charge in [0.25, 0.3) is 0 Å². The second-order valence-electron chi connectivity index (χ2n) is 5.11. The van der Waals surface area contributed by atoms with Crippen LogP contribution in [0.4, 0.5) is 14.5 Å². The topological polar surface area (TPSA) is 21.3 Å². The fourth-order valence-electron chi connectivity index (χ4n) is 2.32. The van der Waals surface area contributed by atoms with E-state index in [1.165, 1.54) is 6.07 Å². The first kappa shape index (κ1) is 13.3. The number of hydrogen-bond donors (Lipinski definition) is 1. The van der Waals surface area contributed by atoms with Crippen molar-refractivity contribution in [1.29, 1.82) is 0 Å². The first-order valence-corrected chi connectivity index (χ1v) is 6.38. The molecule has 1 heterocycles. The molecule has 2 rings (SSSR count). The Bertz CT molecular complexity index is 424. The Kier molecular flexibility index (Phi) is 3.85. The predicted molar refractivity (Wildman–Crippen MR) is 67.7 cm³/mol. The molecule has 2 unspecified atom stereocenters. The van der Waals surface area contributed by atoms with E-state index in [0.29, 0.717) is 12.3 Å². The average molecular weight is 255 g/mol. The van der Waals surface area contributed by atoms with Crippen LogP contribution in [-0.2, 0) is 4.74 Å². The van der Waals surface area contributed by atoms with E-state index < -0.39 is 11.6 Å². The van der Waals surface area contributed by atoms with Gasteiger partial charge in [-0.05, 0) is 38.3 Å². The van der Waals surface area contributed by atoms with Crippen LogP contribution in [-0.4, -0.2) is 18.2 Å². The Morgan fingerprint density at radius 2 is 2.17 bits per heavy atom. The SMILES string of the molecule is CCC1(C)CC(Nc2ccc(F)c(F)c2)CCO1. The monoisotopic (exact) mass is 255 g/mol. The van der Waals surface area contributed by atoms with E-state index in [-0.39, 0.29) is 11.6 Å². The summed E-state index contributed by atoms with van der Waals surface area (Å²) >= 11 is 0. The van der Waals surface area contributed by atoms with Gasteiger partial charge in [0.1, 0.15) is 0 Å². The van der Waals surface area contributed by atoms with Gasteiger partial charge in [0.05, 0.1) is 5.60 Å². The second kappa shape index (κ2) is 5.22. The summed E-state index contributed by atoms with van der Waals surface area (Å²) in [5, 5.41) is 3.25. The highest BCUT2D eigenvalue weighted by atomic mass is 19.2. The lowest BCUT2D eigenvalue weighted by molar-refractivity contribution is -0.0708. The van der Waals surface area contributed by atoms with Crippen LogP contribution >= 0.6 is 0 Å². The van der Waals surface area contributed by atoms with Crippen molar-refractivity contribution < 1.29 is 13.5 Å². The van der Waals surface area contributed by atoms with Gasteiger partial charge in [-0.25, -0.2) is 8.78 Å². The first-order chi connectivity index (χ1) is 8.52. The van der Waals surface area contributed by atoms with Gasteiger partial charge in [-0.15, -0.1) is 0 Å². The number of ether oxygens (including phenoxy) is 1. The molecule has 1 fully saturated rings. The molecule has 18 heavy (non-hydrogen) atoms. The lowest BCUT2D eigenvalue weighted by Crippen LogP contribution is -2.41. The molecule has 100 valence electrons. The molecule has 1 N–H and O–H groups in total. The number of nitrogens with one attached hydrogen (secondary N) is 1. The molecule has 2 nitrogen and oxygen atoms in total. The minimum Gasteiger partial charge on any atom is -0.382 e. The Morgan fingerprint density at radius 3 is 2.83 bits per heavy atom. The van der Waals surface area contributed by atoms with Crippen molar-refractivity contribution in [2.24, 2.45) is 0 Å². The van der Waals surface area contributed by atoms with E-state index in [1.54, 1.807) is 6.07 Å². The highest BCUT2D eigenvalue weighted by Gasteiger charge is 2.31. The van der Waals surface area contributed by atoms with Crippen LogP contribution in [0.15, 0.2) is 18.2 Å².